The first-order valence-electron chi connectivity index (χ1n) is 11.5. The third kappa shape index (κ3) is 4.46. The van der Waals surface area contributed by atoms with Crippen LogP contribution >= 0.6 is 0 Å². The number of hydrogen-bond donors (Lipinski definition) is 2. The third-order valence-corrected chi connectivity index (χ3v) is 6.54. The second kappa shape index (κ2) is 9.57. The summed E-state index contributed by atoms with van der Waals surface area (Å²) >= 11 is 0. The van der Waals surface area contributed by atoms with Crippen LogP contribution in [-0.2, 0) is 27.4 Å². The van der Waals surface area contributed by atoms with E-state index in [2.05, 4.69) is 39.8 Å². The lowest BCUT2D eigenvalue weighted by Crippen LogP contribution is -2.50. The van der Waals surface area contributed by atoms with Crippen molar-refractivity contribution in [2.75, 3.05) is 13.2 Å². The minimum absolute atomic E-state index is 0.0242. The average Bonchev–Trinajstić information content (AvgIpc) is 3.46. The molecule has 1 aliphatic heterocycles. The lowest BCUT2D eigenvalue weighted by atomic mass is 9.98. The zero-order chi connectivity index (χ0) is 24.4. The molecule has 0 radical (unpaired) electrons. The highest BCUT2D eigenvalue weighted by atomic mass is 16.5. The number of ether oxygens (including phenoxy) is 1. The van der Waals surface area contributed by atoms with Crippen molar-refractivity contribution in [1.29, 1.82) is 0 Å². The largest absolute Gasteiger partial charge is 0.480 e. The van der Waals surface area contributed by atoms with E-state index in [9.17, 15) is 19.5 Å². The Bertz CT molecular complexity index is 1230. The van der Waals surface area contributed by atoms with Crippen molar-refractivity contribution in [2.24, 2.45) is 0 Å². The van der Waals surface area contributed by atoms with Gasteiger partial charge in [-0.1, -0.05) is 48.5 Å². The van der Waals surface area contributed by atoms with Gasteiger partial charge in [0, 0.05) is 18.9 Å². The number of carbonyl (C=O) groups excluding carboxylic acids is 2. The Kier molecular flexibility index (Phi) is 6.17. The van der Waals surface area contributed by atoms with Crippen LogP contribution in [0.5, 0.6) is 0 Å². The molecule has 10 heteroatoms. The number of nitrogens with zero attached hydrogens (tertiary/aromatic N) is 4. The van der Waals surface area contributed by atoms with Crippen LogP contribution in [0, 0.1) is 0 Å². The lowest BCUT2D eigenvalue weighted by molar-refractivity contribution is -0.152. The summed E-state index contributed by atoms with van der Waals surface area (Å²) in [5.41, 5.74) is 4.59. The van der Waals surface area contributed by atoms with E-state index < -0.39 is 18.1 Å². The SMILES string of the molecule is O=C(NCCCC(=O)N1Cc2nncn2CC1C(=O)O)OCC1c2ccccc2-c2ccccc21. The summed E-state index contributed by atoms with van der Waals surface area (Å²) in [6.45, 7) is 0.661. The van der Waals surface area contributed by atoms with Crippen molar-refractivity contribution in [2.45, 2.75) is 37.9 Å². The average molecular weight is 476 g/mol. The number of benzene rings is 2. The first kappa shape index (κ1) is 22.6. The van der Waals surface area contributed by atoms with Gasteiger partial charge in [-0.2, -0.15) is 0 Å². The second-order valence-corrected chi connectivity index (χ2v) is 8.63. The Morgan fingerprint density at radius 1 is 1.06 bits per heavy atom. The summed E-state index contributed by atoms with van der Waals surface area (Å²) < 4.78 is 7.14. The molecule has 1 aromatic heterocycles. The summed E-state index contributed by atoms with van der Waals surface area (Å²) in [5.74, 6) is -0.855. The van der Waals surface area contributed by atoms with E-state index in [1.54, 1.807) is 4.57 Å². The predicted octanol–water partition coefficient (Wildman–Crippen LogP) is 2.39. The number of carboxylic acid groups (broad SMARTS) is 1. The molecule has 0 fully saturated rings. The molecule has 2 N–H and O–H groups in total. The Morgan fingerprint density at radius 2 is 1.74 bits per heavy atom. The first-order chi connectivity index (χ1) is 17.0. The van der Waals surface area contributed by atoms with Gasteiger partial charge in [0.05, 0.1) is 13.1 Å². The molecule has 1 aliphatic carbocycles. The monoisotopic (exact) mass is 475 g/mol. The van der Waals surface area contributed by atoms with Crippen molar-refractivity contribution in [3.05, 3.63) is 71.8 Å². The van der Waals surface area contributed by atoms with Crippen LogP contribution in [0.1, 0.15) is 35.7 Å². The number of aromatic nitrogens is 3. The van der Waals surface area contributed by atoms with E-state index in [1.165, 1.54) is 11.2 Å². The van der Waals surface area contributed by atoms with Crippen LogP contribution in [0.15, 0.2) is 54.9 Å². The minimum Gasteiger partial charge on any atom is -0.480 e. The fourth-order valence-electron chi connectivity index (χ4n) is 4.80. The minimum atomic E-state index is -1.07. The molecule has 1 unspecified atom stereocenters. The standard InChI is InChI=1S/C25H25N5O5/c31-23(30-13-22-28-27-15-29(22)12-21(30)24(32)33)10-5-11-26-25(34)35-14-20-18-8-3-1-6-16(18)17-7-2-4-9-19(17)20/h1-4,6-9,15,20-21H,5,10-14H2,(H,26,34)(H,32,33). The van der Waals surface area contributed by atoms with Gasteiger partial charge >= 0.3 is 12.1 Å². The van der Waals surface area contributed by atoms with Crippen LogP contribution in [0.2, 0.25) is 0 Å². The molecule has 10 nitrogen and oxygen atoms in total. The quantitative estimate of drug-likeness (QED) is 0.503. The van der Waals surface area contributed by atoms with E-state index in [0.717, 1.165) is 22.3 Å². The highest BCUT2D eigenvalue weighted by molar-refractivity contribution is 5.84. The molecule has 180 valence electrons. The number of carbonyl (C=O) groups is 3. The molecule has 1 atom stereocenters. The fraction of sp³-hybridized carbons (Fsp3) is 0.320. The number of nitrogens with one attached hydrogen (secondary N) is 1. The zero-order valence-corrected chi connectivity index (χ0v) is 19.0. The van der Waals surface area contributed by atoms with Crippen LogP contribution in [0.25, 0.3) is 11.1 Å². The lowest BCUT2D eigenvalue weighted by Gasteiger charge is -2.33. The third-order valence-electron chi connectivity index (χ3n) is 6.54. The molecule has 2 aromatic carbocycles. The molecular weight excluding hydrogens is 450 g/mol. The van der Waals surface area contributed by atoms with Gasteiger partial charge in [0.1, 0.15) is 19.0 Å². The number of fused-ring (bicyclic) bond motifs is 4. The summed E-state index contributed by atoms with van der Waals surface area (Å²) in [7, 11) is 0. The molecule has 0 saturated carbocycles. The van der Waals surface area contributed by atoms with Crippen LogP contribution < -0.4 is 5.32 Å². The molecule has 0 saturated heterocycles. The van der Waals surface area contributed by atoms with Gasteiger partial charge in [-0.25, -0.2) is 9.59 Å². The Hall–Kier alpha value is -4.21. The van der Waals surface area contributed by atoms with E-state index >= 15 is 0 Å². The van der Waals surface area contributed by atoms with Crippen molar-refractivity contribution in [1.82, 2.24) is 25.0 Å². The van der Waals surface area contributed by atoms with Crippen molar-refractivity contribution >= 4 is 18.0 Å². The van der Waals surface area contributed by atoms with E-state index in [0.29, 0.717) is 12.2 Å². The molecule has 2 heterocycles. The molecule has 0 spiro atoms. The number of aliphatic carboxylic acids is 1. The molecule has 0 bridgehead atoms. The molecule has 3 aromatic rings. The summed E-state index contributed by atoms with van der Waals surface area (Å²) in [6.07, 6.45) is 1.37. The van der Waals surface area contributed by atoms with Gasteiger partial charge < -0.3 is 24.6 Å². The normalized spacial score (nSPS) is 16.2. The van der Waals surface area contributed by atoms with E-state index in [-0.39, 0.29) is 44.5 Å². The molecule has 35 heavy (non-hydrogen) atoms. The number of alkyl carbamates (subject to hydrolysis) is 1. The van der Waals surface area contributed by atoms with Crippen LogP contribution in [0.3, 0.4) is 0 Å². The van der Waals surface area contributed by atoms with Crippen LogP contribution in [0.4, 0.5) is 4.79 Å². The Balaban J connectivity index is 1.10. The maximum atomic E-state index is 12.7. The Labute approximate surface area is 201 Å². The van der Waals surface area contributed by atoms with E-state index in [1.807, 2.05) is 24.3 Å². The fourth-order valence-corrected chi connectivity index (χ4v) is 4.80. The van der Waals surface area contributed by atoms with Crippen molar-refractivity contribution in [3.63, 3.8) is 0 Å². The van der Waals surface area contributed by atoms with Gasteiger partial charge in [0.2, 0.25) is 5.91 Å². The number of hydrogen-bond acceptors (Lipinski definition) is 6. The number of amides is 2. The smallest absolute Gasteiger partial charge is 0.407 e. The summed E-state index contributed by atoms with van der Waals surface area (Å²) in [5, 5.41) is 19.9. The maximum absolute atomic E-state index is 12.7. The molecule has 2 amide bonds. The van der Waals surface area contributed by atoms with E-state index in [4.69, 9.17) is 4.74 Å². The predicted molar refractivity (Wildman–Crippen MR) is 124 cm³/mol. The molecular formula is C25H25N5O5. The topological polar surface area (TPSA) is 127 Å². The second-order valence-electron chi connectivity index (χ2n) is 8.63. The van der Waals surface area contributed by atoms with Gasteiger partial charge in [-0.3, -0.25) is 4.79 Å². The Morgan fingerprint density at radius 3 is 2.43 bits per heavy atom. The summed E-state index contributed by atoms with van der Waals surface area (Å²) in [6, 6.07) is 15.3. The van der Waals surface area contributed by atoms with Gasteiger partial charge in [-0.15, -0.1) is 10.2 Å². The van der Waals surface area contributed by atoms with Crippen molar-refractivity contribution in [3.8, 4) is 11.1 Å². The van der Waals surface area contributed by atoms with Gasteiger partial charge in [0.15, 0.2) is 5.82 Å². The van der Waals surface area contributed by atoms with Gasteiger partial charge in [0.25, 0.3) is 0 Å². The summed E-state index contributed by atoms with van der Waals surface area (Å²) in [4.78, 5) is 37.9. The number of rotatable bonds is 7. The first-order valence-corrected chi connectivity index (χ1v) is 11.5. The molecule has 5 rings (SSSR count). The van der Waals surface area contributed by atoms with Crippen LogP contribution in [-0.4, -0.2) is 61.9 Å². The zero-order valence-electron chi connectivity index (χ0n) is 19.0. The molecule has 2 aliphatic rings. The highest BCUT2D eigenvalue weighted by Crippen LogP contribution is 2.44. The highest BCUT2D eigenvalue weighted by Gasteiger charge is 2.35. The van der Waals surface area contributed by atoms with Gasteiger partial charge in [-0.05, 0) is 28.7 Å². The maximum Gasteiger partial charge on any atom is 0.407 e. The van der Waals surface area contributed by atoms with Crippen molar-refractivity contribution < 1.29 is 24.2 Å². The number of carboxylic acids is 1.